The maximum absolute atomic E-state index is 2.61. The van der Waals surface area contributed by atoms with Crippen LogP contribution in [-0.2, 0) is 13.1 Å². The third kappa shape index (κ3) is 3.24. The van der Waals surface area contributed by atoms with Gasteiger partial charge in [0, 0.05) is 13.1 Å². The van der Waals surface area contributed by atoms with Crippen LogP contribution in [0.3, 0.4) is 0 Å². The molecule has 0 aromatic heterocycles. The highest BCUT2D eigenvalue weighted by Crippen LogP contribution is 2.22. The molecule has 0 N–H and O–H groups in total. The minimum Gasteiger partial charge on any atom is -0.299 e. The zero-order valence-corrected chi connectivity index (χ0v) is 13.1. The SMILES string of the molecule is Cc1cc(C)c(CN2CCCC2)cc1CN1CCCC1. The van der Waals surface area contributed by atoms with E-state index in [9.17, 15) is 0 Å². The molecule has 2 heteroatoms. The van der Waals surface area contributed by atoms with Crippen molar-refractivity contribution < 1.29 is 0 Å². The van der Waals surface area contributed by atoms with E-state index in [-0.39, 0.29) is 0 Å². The molecular formula is C18H28N2. The molecule has 3 rings (SSSR count). The summed E-state index contributed by atoms with van der Waals surface area (Å²) < 4.78 is 0. The molecule has 0 aliphatic carbocycles. The number of rotatable bonds is 4. The lowest BCUT2D eigenvalue weighted by molar-refractivity contribution is 0.325. The summed E-state index contributed by atoms with van der Waals surface area (Å²) in [6.45, 7) is 12.0. The highest BCUT2D eigenvalue weighted by molar-refractivity contribution is 5.37. The molecule has 1 aromatic carbocycles. The summed E-state index contributed by atoms with van der Waals surface area (Å²) in [6.07, 6.45) is 5.52. The highest BCUT2D eigenvalue weighted by Gasteiger charge is 2.16. The molecule has 0 amide bonds. The Kier molecular flexibility index (Phi) is 4.42. The van der Waals surface area contributed by atoms with Gasteiger partial charge in [0.1, 0.15) is 0 Å². The summed E-state index contributed by atoms with van der Waals surface area (Å²) in [5, 5.41) is 0. The summed E-state index contributed by atoms with van der Waals surface area (Å²) in [4.78, 5) is 5.22. The number of nitrogens with zero attached hydrogens (tertiary/aromatic N) is 2. The largest absolute Gasteiger partial charge is 0.299 e. The van der Waals surface area contributed by atoms with E-state index >= 15 is 0 Å². The molecular weight excluding hydrogens is 244 g/mol. The van der Waals surface area contributed by atoms with E-state index in [1.807, 2.05) is 0 Å². The minimum absolute atomic E-state index is 1.15. The first-order valence-electron chi connectivity index (χ1n) is 8.26. The van der Waals surface area contributed by atoms with Crippen molar-refractivity contribution >= 4 is 0 Å². The van der Waals surface area contributed by atoms with Crippen LogP contribution < -0.4 is 0 Å². The number of hydrogen-bond acceptors (Lipinski definition) is 2. The van der Waals surface area contributed by atoms with Crippen molar-refractivity contribution in [1.82, 2.24) is 9.80 Å². The van der Waals surface area contributed by atoms with Crippen molar-refractivity contribution in [1.29, 1.82) is 0 Å². The first-order chi connectivity index (χ1) is 9.72. The first-order valence-corrected chi connectivity index (χ1v) is 8.26. The Bertz CT molecular complexity index is 415. The monoisotopic (exact) mass is 272 g/mol. The molecule has 2 aliphatic rings. The van der Waals surface area contributed by atoms with Crippen LogP contribution >= 0.6 is 0 Å². The second-order valence-corrected chi connectivity index (χ2v) is 6.67. The Balaban J connectivity index is 1.74. The fourth-order valence-electron chi connectivity index (χ4n) is 3.65. The molecule has 110 valence electrons. The summed E-state index contributed by atoms with van der Waals surface area (Å²) in [5.41, 5.74) is 6.04. The highest BCUT2D eigenvalue weighted by atomic mass is 15.1. The molecule has 0 bridgehead atoms. The van der Waals surface area contributed by atoms with Crippen molar-refractivity contribution in [3.05, 3.63) is 34.4 Å². The van der Waals surface area contributed by atoms with Gasteiger partial charge in [-0.3, -0.25) is 9.80 Å². The molecule has 1 aromatic rings. The second kappa shape index (κ2) is 6.28. The third-order valence-corrected chi connectivity index (χ3v) is 4.98. The Morgan fingerprint density at radius 1 is 0.700 bits per heavy atom. The zero-order valence-electron chi connectivity index (χ0n) is 13.1. The quantitative estimate of drug-likeness (QED) is 0.828. The molecule has 0 spiro atoms. The van der Waals surface area contributed by atoms with Gasteiger partial charge in [0.05, 0.1) is 0 Å². The van der Waals surface area contributed by atoms with E-state index in [2.05, 4.69) is 35.8 Å². The fraction of sp³-hybridized carbons (Fsp3) is 0.667. The van der Waals surface area contributed by atoms with Gasteiger partial charge in [0.25, 0.3) is 0 Å². The van der Waals surface area contributed by atoms with Gasteiger partial charge >= 0.3 is 0 Å². The van der Waals surface area contributed by atoms with Gasteiger partial charge < -0.3 is 0 Å². The van der Waals surface area contributed by atoms with Crippen LogP contribution in [0.4, 0.5) is 0 Å². The number of likely N-dealkylation sites (tertiary alicyclic amines) is 2. The average molecular weight is 272 g/mol. The Morgan fingerprint density at radius 2 is 1.10 bits per heavy atom. The summed E-state index contributed by atoms with van der Waals surface area (Å²) >= 11 is 0. The van der Waals surface area contributed by atoms with E-state index in [0.717, 1.165) is 13.1 Å². The van der Waals surface area contributed by atoms with Crippen LogP contribution in [0, 0.1) is 13.8 Å². The molecule has 0 unspecified atom stereocenters. The van der Waals surface area contributed by atoms with Crippen molar-refractivity contribution in [3.63, 3.8) is 0 Å². The maximum atomic E-state index is 2.61. The lowest BCUT2D eigenvalue weighted by Gasteiger charge is -2.21. The van der Waals surface area contributed by atoms with Gasteiger partial charge in [-0.1, -0.05) is 12.1 Å². The van der Waals surface area contributed by atoms with Gasteiger partial charge in [-0.25, -0.2) is 0 Å². The van der Waals surface area contributed by atoms with Crippen LogP contribution in [0.5, 0.6) is 0 Å². The molecule has 0 saturated carbocycles. The smallest absolute Gasteiger partial charge is 0.0236 e. The molecule has 2 aliphatic heterocycles. The Morgan fingerprint density at radius 3 is 1.50 bits per heavy atom. The Labute approximate surface area is 123 Å². The topological polar surface area (TPSA) is 6.48 Å². The minimum atomic E-state index is 1.15. The van der Waals surface area contributed by atoms with Gasteiger partial charge in [0.15, 0.2) is 0 Å². The van der Waals surface area contributed by atoms with Crippen molar-refractivity contribution in [2.24, 2.45) is 0 Å². The van der Waals surface area contributed by atoms with E-state index in [0.29, 0.717) is 0 Å². The molecule has 0 atom stereocenters. The van der Waals surface area contributed by atoms with Crippen molar-refractivity contribution in [2.45, 2.75) is 52.6 Å². The molecule has 0 radical (unpaired) electrons. The van der Waals surface area contributed by atoms with Crippen LogP contribution in [0.2, 0.25) is 0 Å². The number of aryl methyl sites for hydroxylation is 2. The molecule has 20 heavy (non-hydrogen) atoms. The zero-order chi connectivity index (χ0) is 13.9. The predicted molar refractivity (Wildman–Crippen MR) is 84.9 cm³/mol. The summed E-state index contributed by atoms with van der Waals surface area (Å²) in [6, 6.07) is 4.89. The molecule has 2 heterocycles. The van der Waals surface area contributed by atoms with Gasteiger partial charge in [-0.05, 0) is 88.0 Å². The maximum Gasteiger partial charge on any atom is 0.0236 e. The van der Waals surface area contributed by atoms with E-state index in [1.54, 1.807) is 11.1 Å². The van der Waals surface area contributed by atoms with Gasteiger partial charge in [-0.2, -0.15) is 0 Å². The van der Waals surface area contributed by atoms with Crippen molar-refractivity contribution in [3.8, 4) is 0 Å². The summed E-state index contributed by atoms with van der Waals surface area (Å²) in [5.74, 6) is 0. The molecule has 2 fully saturated rings. The first kappa shape index (κ1) is 14.1. The normalized spacial score (nSPS) is 20.9. The predicted octanol–water partition coefficient (Wildman–Crippen LogP) is 3.50. The van der Waals surface area contributed by atoms with E-state index < -0.39 is 0 Å². The lowest BCUT2D eigenvalue weighted by atomic mass is 9.99. The number of hydrogen-bond donors (Lipinski definition) is 0. The average Bonchev–Trinajstić information content (AvgIpc) is 3.08. The number of benzene rings is 1. The van der Waals surface area contributed by atoms with Crippen LogP contribution in [-0.4, -0.2) is 36.0 Å². The molecule has 2 nitrogen and oxygen atoms in total. The fourth-order valence-corrected chi connectivity index (χ4v) is 3.65. The second-order valence-electron chi connectivity index (χ2n) is 6.67. The van der Waals surface area contributed by atoms with E-state index in [1.165, 1.54) is 63.0 Å². The standard InChI is InChI=1S/C18H28N2/c1-15-11-16(2)18(14-20-9-5-6-10-20)12-17(15)13-19-7-3-4-8-19/h11-12H,3-10,13-14H2,1-2H3. The van der Waals surface area contributed by atoms with E-state index in [4.69, 9.17) is 0 Å². The lowest BCUT2D eigenvalue weighted by Crippen LogP contribution is -2.21. The van der Waals surface area contributed by atoms with Gasteiger partial charge in [0.2, 0.25) is 0 Å². The molecule has 2 saturated heterocycles. The van der Waals surface area contributed by atoms with Crippen molar-refractivity contribution in [2.75, 3.05) is 26.2 Å². The Hall–Kier alpha value is -0.860. The van der Waals surface area contributed by atoms with Crippen LogP contribution in [0.25, 0.3) is 0 Å². The summed E-state index contributed by atoms with van der Waals surface area (Å²) in [7, 11) is 0. The van der Waals surface area contributed by atoms with Gasteiger partial charge in [-0.15, -0.1) is 0 Å². The third-order valence-electron chi connectivity index (χ3n) is 4.98. The van der Waals surface area contributed by atoms with Crippen LogP contribution in [0.15, 0.2) is 12.1 Å². The van der Waals surface area contributed by atoms with Crippen LogP contribution in [0.1, 0.15) is 47.9 Å².